The van der Waals surface area contributed by atoms with Crippen molar-refractivity contribution in [1.29, 1.82) is 0 Å². The fourth-order valence-corrected chi connectivity index (χ4v) is 4.91. The summed E-state index contributed by atoms with van der Waals surface area (Å²) in [5.74, 6) is 0.113. The second-order valence-electron chi connectivity index (χ2n) is 8.11. The van der Waals surface area contributed by atoms with Crippen molar-refractivity contribution >= 4 is 51.4 Å². The van der Waals surface area contributed by atoms with Crippen LogP contribution in [-0.4, -0.2) is 51.8 Å². The van der Waals surface area contributed by atoms with Crippen molar-refractivity contribution in [2.45, 2.75) is 6.54 Å². The number of hydrogen-bond donors (Lipinski definition) is 2. The van der Waals surface area contributed by atoms with Crippen LogP contribution in [0.5, 0.6) is 11.5 Å². The zero-order valence-corrected chi connectivity index (χ0v) is 21.0. The molecular formula is C26H22N4O6S. The van der Waals surface area contributed by atoms with E-state index in [1.54, 1.807) is 49.1 Å². The molecule has 2 aromatic heterocycles. The molecule has 0 spiro atoms. The largest absolute Gasteiger partial charge is 0.497 e. The van der Waals surface area contributed by atoms with Crippen molar-refractivity contribution in [3.05, 3.63) is 65.9 Å². The van der Waals surface area contributed by atoms with Gasteiger partial charge in [-0.05, 0) is 54.1 Å². The maximum atomic E-state index is 12.8. The third-order valence-corrected chi connectivity index (χ3v) is 6.61. The fourth-order valence-electron chi connectivity index (χ4n) is 4.39. The van der Waals surface area contributed by atoms with Gasteiger partial charge in [0.15, 0.2) is 0 Å². The summed E-state index contributed by atoms with van der Waals surface area (Å²) < 4.78 is 25.9. The first-order chi connectivity index (χ1) is 17.9. The molecule has 1 amide bonds. The smallest absolute Gasteiger partial charge is 0.411 e. The minimum atomic E-state index is -1.10. The molecule has 11 heteroatoms. The van der Waals surface area contributed by atoms with Gasteiger partial charge in [-0.3, -0.25) is 5.32 Å². The molecule has 0 unspecified atom stereocenters. The molecule has 0 saturated heterocycles. The van der Waals surface area contributed by atoms with Crippen molar-refractivity contribution in [1.82, 2.24) is 13.3 Å². The summed E-state index contributed by atoms with van der Waals surface area (Å²) in [6.45, 7) is 0.197. The number of nitrogens with zero attached hydrogens (tertiary/aromatic N) is 3. The highest BCUT2D eigenvalue weighted by Crippen LogP contribution is 2.39. The number of carboxylic acids is 1. The molecular weight excluding hydrogens is 496 g/mol. The number of carboxylic acid groups (broad SMARTS) is 1. The van der Waals surface area contributed by atoms with Crippen LogP contribution in [0.1, 0.15) is 16.1 Å². The highest BCUT2D eigenvalue weighted by molar-refractivity contribution is 7.00. The predicted molar refractivity (Wildman–Crippen MR) is 140 cm³/mol. The first-order valence-corrected chi connectivity index (χ1v) is 11.8. The normalized spacial score (nSPS) is 11.0. The minimum absolute atomic E-state index is 0.0811. The summed E-state index contributed by atoms with van der Waals surface area (Å²) in [7, 11) is 4.40. The molecule has 5 aromatic rings. The Balaban J connectivity index is 1.79. The quantitative estimate of drug-likeness (QED) is 0.299. The second-order valence-corrected chi connectivity index (χ2v) is 8.64. The number of carbonyl (C=O) groups is 2. The van der Waals surface area contributed by atoms with Gasteiger partial charge >= 0.3 is 12.1 Å². The Morgan fingerprint density at radius 3 is 2.51 bits per heavy atom. The highest BCUT2D eigenvalue weighted by Gasteiger charge is 2.25. The molecule has 10 nitrogen and oxygen atoms in total. The number of anilines is 1. The lowest BCUT2D eigenvalue weighted by atomic mass is 10.0. The summed E-state index contributed by atoms with van der Waals surface area (Å²) in [6, 6.07) is 16.0. The lowest BCUT2D eigenvalue weighted by molar-refractivity contribution is 0.0687. The molecule has 2 heterocycles. The molecule has 0 aliphatic heterocycles. The van der Waals surface area contributed by atoms with Crippen LogP contribution in [0.3, 0.4) is 0 Å². The number of aromatic carboxylic acids is 1. The van der Waals surface area contributed by atoms with Gasteiger partial charge in [0.05, 0.1) is 39.6 Å². The number of methoxy groups -OCH3 is 3. The Bertz CT molecular complexity index is 1660. The number of fused-ring (bicyclic) bond motifs is 2. The van der Waals surface area contributed by atoms with E-state index in [-0.39, 0.29) is 12.2 Å². The molecule has 188 valence electrons. The van der Waals surface area contributed by atoms with Crippen molar-refractivity contribution in [3.8, 4) is 22.6 Å². The average molecular weight is 519 g/mol. The molecule has 0 fully saturated rings. The average Bonchev–Trinajstić information content (AvgIpc) is 3.50. The predicted octanol–water partition coefficient (Wildman–Crippen LogP) is 5.26. The molecule has 0 radical (unpaired) electrons. The maximum Gasteiger partial charge on any atom is 0.411 e. The second kappa shape index (κ2) is 9.78. The van der Waals surface area contributed by atoms with Gasteiger partial charge in [0, 0.05) is 27.7 Å². The van der Waals surface area contributed by atoms with Crippen LogP contribution in [0.2, 0.25) is 0 Å². The van der Waals surface area contributed by atoms with E-state index in [4.69, 9.17) is 14.2 Å². The number of aromatic nitrogens is 3. The van der Waals surface area contributed by atoms with Crippen molar-refractivity contribution in [2.75, 3.05) is 26.6 Å². The number of benzene rings is 3. The molecule has 3 aromatic carbocycles. The van der Waals surface area contributed by atoms with Crippen LogP contribution in [0.15, 0.2) is 54.6 Å². The SMILES string of the molecule is COC(=O)Nc1ccc2c(c1)c(-c1ccc3nsnc3c1)c(C(=O)O)n2Cc1cc(OC)ccc1OC. The number of ether oxygens (including phenoxy) is 3. The topological polar surface area (TPSA) is 125 Å². The number of rotatable bonds is 7. The Morgan fingerprint density at radius 1 is 0.973 bits per heavy atom. The van der Waals surface area contributed by atoms with E-state index in [2.05, 4.69) is 14.1 Å². The summed E-state index contributed by atoms with van der Waals surface area (Å²) in [5.41, 5.74) is 4.49. The monoisotopic (exact) mass is 518 g/mol. The minimum Gasteiger partial charge on any atom is -0.497 e. The van der Waals surface area contributed by atoms with Crippen molar-refractivity contribution in [2.24, 2.45) is 0 Å². The molecule has 0 bridgehead atoms. The Hall–Kier alpha value is -4.64. The standard InChI is InChI=1S/C26H22N4O6S/c1-34-17-6-9-22(35-2)15(10-17)13-30-21-8-5-16(27-26(33)36-3)12-18(21)23(24(30)25(31)32)14-4-7-19-20(11-14)29-37-28-19/h4-12H,13H2,1-3H3,(H,27,33)(H,31,32). The van der Waals surface area contributed by atoms with E-state index in [9.17, 15) is 14.7 Å². The van der Waals surface area contributed by atoms with Crippen LogP contribution >= 0.6 is 11.7 Å². The van der Waals surface area contributed by atoms with Crippen molar-refractivity contribution < 1.29 is 28.9 Å². The third kappa shape index (κ3) is 4.40. The molecule has 0 atom stereocenters. The van der Waals surface area contributed by atoms with Gasteiger partial charge in [-0.25, -0.2) is 9.59 Å². The van der Waals surface area contributed by atoms with E-state index >= 15 is 0 Å². The van der Waals surface area contributed by atoms with Gasteiger partial charge < -0.3 is 23.9 Å². The van der Waals surface area contributed by atoms with Crippen LogP contribution in [0.4, 0.5) is 10.5 Å². The molecule has 0 aliphatic carbocycles. The Labute approximate surface area is 215 Å². The molecule has 0 saturated carbocycles. The zero-order chi connectivity index (χ0) is 26.1. The lowest BCUT2D eigenvalue weighted by Gasteiger charge is -2.14. The van der Waals surface area contributed by atoms with E-state index < -0.39 is 12.1 Å². The number of amides is 1. The zero-order valence-electron chi connectivity index (χ0n) is 20.1. The lowest BCUT2D eigenvalue weighted by Crippen LogP contribution is -2.11. The Kier molecular flexibility index (Phi) is 6.36. The van der Waals surface area contributed by atoms with E-state index in [0.29, 0.717) is 44.7 Å². The fraction of sp³-hybridized carbons (Fsp3) is 0.154. The van der Waals surface area contributed by atoms with Gasteiger partial charge in [0.1, 0.15) is 28.2 Å². The highest BCUT2D eigenvalue weighted by atomic mass is 32.1. The van der Waals surface area contributed by atoms with Gasteiger partial charge in [-0.15, -0.1) is 0 Å². The number of nitrogens with one attached hydrogen (secondary N) is 1. The maximum absolute atomic E-state index is 12.8. The van der Waals surface area contributed by atoms with Crippen LogP contribution < -0.4 is 14.8 Å². The number of carbonyl (C=O) groups excluding carboxylic acids is 1. The first-order valence-electron chi connectivity index (χ1n) is 11.1. The molecule has 37 heavy (non-hydrogen) atoms. The molecule has 5 rings (SSSR count). The first kappa shape index (κ1) is 24.1. The van der Waals surface area contributed by atoms with Crippen molar-refractivity contribution in [3.63, 3.8) is 0 Å². The van der Waals surface area contributed by atoms with E-state index in [1.807, 2.05) is 24.3 Å². The van der Waals surface area contributed by atoms with Gasteiger partial charge in [-0.2, -0.15) is 8.75 Å². The molecule has 2 N–H and O–H groups in total. The third-order valence-electron chi connectivity index (χ3n) is 6.06. The van der Waals surface area contributed by atoms with Gasteiger partial charge in [0.25, 0.3) is 0 Å². The number of hydrogen-bond acceptors (Lipinski definition) is 8. The van der Waals surface area contributed by atoms with Crippen LogP contribution in [0.25, 0.3) is 33.1 Å². The molecule has 0 aliphatic rings. The summed E-state index contributed by atoms with van der Waals surface area (Å²) >= 11 is 1.09. The van der Waals surface area contributed by atoms with Crippen LogP contribution in [0, 0.1) is 0 Å². The van der Waals surface area contributed by atoms with E-state index in [1.165, 1.54) is 7.11 Å². The van der Waals surface area contributed by atoms with Crippen LogP contribution in [-0.2, 0) is 11.3 Å². The Morgan fingerprint density at radius 2 is 1.78 bits per heavy atom. The van der Waals surface area contributed by atoms with Gasteiger partial charge in [-0.1, -0.05) is 6.07 Å². The summed E-state index contributed by atoms with van der Waals surface area (Å²) in [6.07, 6.45) is -0.630. The van der Waals surface area contributed by atoms with E-state index in [0.717, 1.165) is 22.8 Å². The van der Waals surface area contributed by atoms with Gasteiger partial charge in [0.2, 0.25) is 0 Å². The summed E-state index contributed by atoms with van der Waals surface area (Å²) in [5, 5.41) is 13.7. The summed E-state index contributed by atoms with van der Waals surface area (Å²) in [4.78, 5) is 24.7.